The number of ether oxygens (including phenoxy) is 2. The van der Waals surface area contributed by atoms with E-state index in [0.29, 0.717) is 23.0 Å². The van der Waals surface area contributed by atoms with Gasteiger partial charge in [-0.2, -0.15) is 10.1 Å². The van der Waals surface area contributed by atoms with Crippen LogP contribution in [0, 0.1) is 6.92 Å². The van der Waals surface area contributed by atoms with Crippen molar-refractivity contribution >= 4 is 23.5 Å². The fourth-order valence-electron chi connectivity index (χ4n) is 2.57. The van der Waals surface area contributed by atoms with Gasteiger partial charge in [0.15, 0.2) is 11.5 Å². The normalized spacial score (nSPS) is 18.3. The Bertz CT molecular complexity index is 815. The summed E-state index contributed by atoms with van der Waals surface area (Å²) in [7, 11) is 0. The highest BCUT2D eigenvalue weighted by Crippen LogP contribution is 2.34. The van der Waals surface area contributed by atoms with Gasteiger partial charge in [-0.3, -0.25) is 14.9 Å². The third-order valence-corrected chi connectivity index (χ3v) is 3.61. The topological polar surface area (TPSA) is 107 Å². The Morgan fingerprint density at radius 2 is 2.22 bits per heavy atom. The average Bonchev–Trinajstić information content (AvgIpc) is 3.10. The number of fused-ring (bicyclic) bond motifs is 2. The van der Waals surface area contributed by atoms with Crippen molar-refractivity contribution in [3.63, 3.8) is 0 Å². The Morgan fingerprint density at radius 3 is 3.09 bits per heavy atom. The van der Waals surface area contributed by atoms with E-state index in [-0.39, 0.29) is 31.0 Å². The van der Waals surface area contributed by atoms with Crippen molar-refractivity contribution in [2.45, 2.75) is 19.4 Å². The van der Waals surface area contributed by atoms with Crippen molar-refractivity contribution in [1.29, 1.82) is 0 Å². The highest BCUT2D eigenvalue weighted by molar-refractivity contribution is 6.00. The molecule has 23 heavy (non-hydrogen) atoms. The second kappa shape index (κ2) is 4.97. The van der Waals surface area contributed by atoms with Crippen LogP contribution in [0.3, 0.4) is 0 Å². The Hall–Kier alpha value is -3.10. The maximum atomic E-state index is 12.5. The zero-order valence-corrected chi connectivity index (χ0v) is 12.2. The molecule has 0 radical (unpaired) electrons. The van der Waals surface area contributed by atoms with Gasteiger partial charge in [0.25, 0.3) is 0 Å². The lowest BCUT2D eigenvalue weighted by atomic mass is 10.1. The molecule has 2 aliphatic heterocycles. The molecule has 118 valence electrons. The van der Waals surface area contributed by atoms with E-state index in [1.165, 1.54) is 4.68 Å². The lowest BCUT2D eigenvalue weighted by Gasteiger charge is -2.22. The number of rotatable bonds is 2. The molecule has 1 atom stereocenters. The summed E-state index contributed by atoms with van der Waals surface area (Å²) in [4.78, 5) is 28.4. The largest absolute Gasteiger partial charge is 0.454 e. The number of hydrogen-bond acceptors (Lipinski definition) is 6. The summed E-state index contributed by atoms with van der Waals surface area (Å²) in [6, 6.07) is 4.36. The minimum atomic E-state index is -0.745. The van der Waals surface area contributed by atoms with Gasteiger partial charge in [-0.1, -0.05) is 0 Å². The molecule has 0 saturated heterocycles. The number of aromatic nitrogens is 3. The Kier molecular flexibility index (Phi) is 2.93. The number of carbonyl (C=O) groups is 2. The zero-order chi connectivity index (χ0) is 16.0. The highest BCUT2D eigenvalue weighted by atomic mass is 16.7. The molecule has 2 aliphatic rings. The highest BCUT2D eigenvalue weighted by Gasteiger charge is 2.32. The van der Waals surface area contributed by atoms with Gasteiger partial charge in [0.2, 0.25) is 24.6 Å². The van der Waals surface area contributed by atoms with Crippen LogP contribution in [-0.4, -0.2) is 33.4 Å². The van der Waals surface area contributed by atoms with Crippen LogP contribution in [0.4, 0.5) is 11.6 Å². The molecule has 1 unspecified atom stereocenters. The molecule has 0 aliphatic carbocycles. The van der Waals surface area contributed by atoms with Gasteiger partial charge in [0.05, 0.1) is 6.42 Å². The first-order valence-corrected chi connectivity index (χ1v) is 7.03. The number of carbonyl (C=O) groups excluding carboxylic acids is 2. The fourth-order valence-corrected chi connectivity index (χ4v) is 2.57. The molecule has 2 amide bonds. The number of anilines is 2. The van der Waals surface area contributed by atoms with Gasteiger partial charge < -0.3 is 14.8 Å². The molecule has 4 rings (SSSR count). The van der Waals surface area contributed by atoms with E-state index in [1.807, 2.05) is 0 Å². The van der Waals surface area contributed by atoms with E-state index < -0.39 is 6.04 Å². The van der Waals surface area contributed by atoms with Crippen molar-refractivity contribution in [1.82, 2.24) is 14.8 Å². The molecule has 0 spiro atoms. The van der Waals surface area contributed by atoms with Crippen LogP contribution in [0.15, 0.2) is 18.2 Å². The van der Waals surface area contributed by atoms with Crippen LogP contribution in [-0.2, 0) is 9.59 Å². The van der Waals surface area contributed by atoms with Gasteiger partial charge in [0, 0.05) is 11.8 Å². The maximum Gasteiger partial charge on any atom is 0.249 e. The maximum absolute atomic E-state index is 12.5. The summed E-state index contributed by atoms with van der Waals surface area (Å²) in [6.45, 7) is 1.86. The smallest absolute Gasteiger partial charge is 0.249 e. The quantitative estimate of drug-likeness (QED) is 0.850. The minimum Gasteiger partial charge on any atom is -0.454 e. The monoisotopic (exact) mass is 315 g/mol. The number of hydrogen-bond donors (Lipinski definition) is 2. The molecule has 2 N–H and O–H groups in total. The van der Waals surface area contributed by atoms with Crippen molar-refractivity contribution in [2.75, 3.05) is 17.4 Å². The van der Waals surface area contributed by atoms with Crippen molar-refractivity contribution in [3.05, 3.63) is 24.0 Å². The standard InChI is InChI=1S/C14H13N5O4/c1-7-15-14-17-12(20)5-9(19(14)18-7)13(21)16-8-2-3-10-11(4-8)23-6-22-10/h2-4,9H,5-6H2,1H3,(H,16,21)(H,15,17,18,20). The van der Waals surface area contributed by atoms with Crippen LogP contribution in [0.2, 0.25) is 0 Å². The number of amides is 2. The predicted octanol–water partition coefficient (Wildman–Crippen LogP) is 0.837. The van der Waals surface area contributed by atoms with Crippen molar-refractivity contribution in [2.24, 2.45) is 0 Å². The molecule has 2 aromatic rings. The molecule has 1 aromatic heterocycles. The minimum absolute atomic E-state index is 0.00614. The number of benzene rings is 1. The summed E-state index contributed by atoms with van der Waals surface area (Å²) in [5.41, 5.74) is 0.559. The summed E-state index contributed by atoms with van der Waals surface area (Å²) in [6.07, 6.45) is 0.00614. The Labute approximate surface area is 130 Å². The third-order valence-electron chi connectivity index (χ3n) is 3.61. The van der Waals surface area contributed by atoms with E-state index in [2.05, 4.69) is 20.7 Å². The molecule has 0 saturated carbocycles. The first-order chi connectivity index (χ1) is 11.1. The van der Waals surface area contributed by atoms with E-state index in [4.69, 9.17) is 9.47 Å². The summed E-state index contributed by atoms with van der Waals surface area (Å²) in [5, 5.41) is 9.54. The van der Waals surface area contributed by atoms with Gasteiger partial charge in [-0.05, 0) is 19.1 Å². The first-order valence-electron chi connectivity index (χ1n) is 7.03. The predicted molar refractivity (Wildman–Crippen MR) is 78.2 cm³/mol. The molecule has 9 nitrogen and oxygen atoms in total. The zero-order valence-electron chi connectivity index (χ0n) is 12.2. The van der Waals surface area contributed by atoms with Crippen molar-refractivity contribution < 1.29 is 19.1 Å². The first kappa shape index (κ1) is 13.6. The Balaban J connectivity index is 1.58. The lowest BCUT2D eigenvalue weighted by Crippen LogP contribution is -2.36. The van der Waals surface area contributed by atoms with Crippen LogP contribution in [0.1, 0.15) is 18.3 Å². The fraction of sp³-hybridized carbons (Fsp3) is 0.286. The van der Waals surface area contributed by atoms with Gasteiger partial charge in [-0.15, -0.1) is 0 Å². The Morgan fingerprint density at radius 1 is 1.39 bits per heavy atom. The van der Waals surface area contributed by atoms with Gasteiger partial charge in [-0.25, -0.2) is 4.68 Å². The number of nitrogens with one attached hydrogen (secondary N) is 2. The molecule has 3 heterocycles. The van der Waals surface area contributed by atoms with Crippen molar-refractivity contribution in [3.8, 4) is 11.5 Å². The number of nitrogens with zero attached hydrogens (tertiary/aromatic N) is 3. The molecule has 1 aromatic carbocycles. The van der Waals surface area contributed by atoms with Crippen LogP contribution >= 0.6 is 0 Å². The van der Waals surface area contributed by atoms with E-state index in [1.54, 1.807) is 25.1 Å². The number of aryl methyl sites for hydroxylation is 1. The lowest BCUT2D eigenvalue weighted by molar-refractivity contribution is -0.125. The second-order valence-corrected chi connectivity index (χ2v) is 5.25. The average molecular weight is 315 g/mol. The third kappa shape index (κ3) is 2.35. The summed E-state index contributed by atoms with van der Waals surface area (Å²) < 4.78 is 11.9. The van der Waals surface area contributed by atoms with Gasteiger partial charge in [0.1, 0.15) is 11.9 Å². The SMILES string of the molecule is Cc1nc2n(n1)C(C(=O)Nc1ccc3c(c1)OCO3)CC(=O)N2. The van der Waals surface area contributed by atoms with Gasteiger partial charge >= 0.3 is 0 Å². The summed E-state index contributed by atoms with van der Waals surface area (Å²) in [5.74, 6) is 1.36. The molecule has 0 bridgehead atoms. The van der Waals surface area contributed by atoms with E-state index >= 15 is 0 Å². The molecular weight excluding hydrogens is 302 g/mol. The van der Waals surface area contributed by atoms with E-state index in [9.17, 15) is 9.59 Å². The molecule has 0 fully saturated rings. The summed E-state index contributed by atoms with van der Waals surface area (Å²) >= 11 is 0. The van der Waals surface area contributed by atoms with E-state index in [0.717, 1.165) is 0 Å². The van der Waals surface area contributed by atoms with Crippen LogP contribution in [0.5, 0.6) is 11.5 Å². The van der Waals surface area contributed by atoms with Crippen LogP contribution in [0.25, 0.3) is 0 Å². The van der Waals surface area contributed by atoms with Crippen LogP contribution < -0.4 is 20.1 Å². The molecule has 9 heteroatoms. The second-order valence-electron chi connectivity index (χ2n) is 5.25. The molecular formula is C14H13N5O4.